The molecule has 1 saturated heterocycles. The molecule has 1 aromatic heterocycles. The molecule has 0 aromatic carbocycles. The van der Waals surface area contributed by atoms with E-state index in [1.165, 1.54) is 36.4 Å². The van der Waals surface area contributed by atoms with Gasteiger partial charge >= 0.3 is 0 Å². The molecule has 1 fully saturated rings. The number of likely N-dealkylation sites (tertiary alicyclic amines) is 1. The molecular formula is C13H19NOS. The van der Waals surface area contributed by atoms with Crippen LogP contribution in [0.3, 0.4) is 0 Å². The molecule has 1 atom stereocenters. The first kappa shape index (κ1) is 10.8. The van der Waals surface area contributed by atoms with E-state index >= 15 is 0 Å². The van der Waals surface area contributed by atoms with Crippen molar-refractivity contribution in [1.82, 2.24) is 4.90 Å². The van der Waals surface area contributed by atoms with Crippen LogP contribution in [-0.2, 0) is 11.2 Å². The van der Waals surface area contributed by atoms with Gasteiger partial charge in [0, 0.05) is 22.7 Å². The van der Waals surface area contributed by atoms with Gasteiger partial charge in [-0.3, -0.25) is 0 Å². The van der Waals surface area contributed by atoms with Crippen LogP contribution in [0.25, 0.3) is 0 Å². The van der Waals surface area contributed by atoms with Crippen molar-refractivity contribution in [2.45, 2.75) is 32.3 Å². The molecule has 88 valence electrons. The van der Waals surface area contributed by atoms with Crippen LogP contribution in [0.5, 0.6) is 0 Å². The first-order valence-corrected chi connectivity index (χ1v) is 7.08. The fraction of sp³-hybridized carbons (Fsp3) is 0.692. The van der Waals surface area contributed by atoms with Gasteiger partial charge in [0.25, 0.3) is 0 Å². The van der Waals surface area contributed by atoms with Crippen molar-refractivity contribution < 1.29 is 4.74 Å². The zero-order valence-corrected chi connectivity index (χ0v) is 10.7. The first-order chi connectivity index (χ1) is 7.83. The summed E-state index contributed by atoms with van der Waals surface area (Å²) < 4.78 is 5.94. The van der Waals surface area contributed by atoms with Crippen LogP contribution >= 0.6 is 11.3 Å². The third-order valence-electron chi connectivity index (χ3n) is 3.58. The molecule has 0 aliphatic carbocycles. The number of fused-ring (bicyclic) bond motifs is 1. The summed E-state index contributed by atoms with van der Waals surface area (Å²) in [6.45, 7) is 6.74. The highest BCUT2D eigenvalue weighted by Gasteiger charge is 2.25. The second-order valence-electron chi connectivity index (χ2n) is 4.85. The van der Waals surface area contributed by atoms with E-state index < -0.39 is 0 Å². The van der Waals surface area contributed by atoms with Crippen molar-refractivity contribution in [3.63, 3.8) is 0 Å². The molecule has 0 N–H and O–H groups in total. The standard InChI is InChI=1S/C13H19NOS/c1-10-8-11-12(9-14-5-2-3-6-14)15-7-4-13(11)16-10/h8,12H,2-7,9H2,1H3. The number of ether oxygens (including phenoxy) is 1. The van der Waals surface area contributed by atoms with Gasteiger partial charge in [0.05, 0.1) is 12.7 Å². The van der Waals surface area contributed by atoms with E-state index in [1.54, 1.807) is 4.88 Å². The average Bonchev–Trinajstić information content (AvgIpc) is 2.86. The highest BCUT2D eigenvalue weighted by molar-refractivity contribution is 7.12. The van der Waals surface area contributed by atoms with E-state index in [1.807, 2.05) is 11.3 Å². The van der Waals surface area contributed by atoms with Gasteiger partial charge in [-0.25, -0.2) is 0 Å². The maximum absolute atomic E-state index is 5.94. The van der Waals surface area contributed by atoms with Crippen molar-refractivity contribution in [3.8, 4) is 0 Å². The van der Waals surface area contributed by atoms with Gasteiger partial charge in [0.1, 0.15) is 0 Å². The molecule has 2 aliphatic rings. The maximum Gasteiger partial charge on any atom is 0.0962 e. The van der Waals surface area contributed by atoms with E-state index in [-0.39, 0.29) is 0 Å². The summed E-state index contributed by atoms with van der Waals surface area (Å²) in [5.74, 6) is 0. The van der Waals surface area contributed by atoms with Crippen LogP contribution < -0.4 is 0 Å². The molecule has 3 heteroatoms. The molecule has 2 nitrogen and oxygen atoms in total. The highest BCUT2D eigenvalue weighted by Crippen LogP contribution is 2.34. The Morgan fingerprint density at radius 1 is 1.44 bits per heavy atom. The minimum Gasteiger partial charge on any atom is -0.372 e. The van der Waals surface area contributed by atoms with Gasteiger partial charge in [-0.15, -0.1) is 11.3 Å². The molecule has 1 unspecified atom stereocenters. The SMILES string of the molecule is Cc1cc2c(s1)CCOC2CN1CCCC1. The van der Waals surface area contributed by atoms with Crippen LogP contribution in [0.1, 0.15) is 34.3 Å². The predicted octanol–water partition coefficient (Wildman–Crippen LogP) is 2.77. The normalized spacial score (nSPS) is 25.9. The summed E-state index contributed by atoms with van der Waals surface area (Å²) in [5, 5.41) is 0. The predicted molar refractivity (Wildman–Crippen MR) is 67.1 cm³/mol. The Bertz CT molecular complexity index is 368. The summed E-state index contributed by atoms with van der Waals surface area (Å²) in [6, 6.07) is 2.33. The number of hydrogen-bond donors (Lipinski definition) is 0. The number of aryl methyl sites for hydroxylation is 1. The second kappa shape index (κ2) is 4.47. The van der Waals surface area contributed by atoms with E-state index in [9.17, 15) is 0 Å². The van der Waals surface area contributed by atoms with Crippen LogP contribution in [0.4, 0.5) is 0 Å². The van der Waals surface area contributed by atoms with Crippen LogP contribution in [0, 0.1) is 6.92 Å². The zero-order chi connectivity index (χ0) is 11.0. The minimum atomic E-state index is 0.340. The summed E-state index contributed by atoms with van der Waals surface area (Å²) >= 11 is 1.95. The minimum absolute atomic E-state index is 0.340. The Hall–Kier alpha value is -0.380. The van der Waals surface area contributed by atoms with Crippen molar-refractivity contribution >= 4 is 11.3 Å². The Labute approximate surface area is 101 Å². The summed E-state index contributed by atoms with van der Waals surface area (Å²) in [6.07, 6.45) is 4.18. The number of rotatable bonds is 2. The van der Waals surface area contributed by atoms with Crippen molar-refractivity contribution in [2.24, 2.45) is 0 Å². The fourth-order valence-corrected chi connectivity index (χ4v) is 3.85. The first-order valence-electron chi connectivity index (χ1n) is 6.26. The Morgan fingerprint density at radius 3 is 3.06 bits per heavy atom. The van der Waals surface area contributed by atoms with Gasteiger partial charge in [-0.1, -0.05) is 0 Å². The smallest absolute Gasteiger partial charge is 0.0962 e. The van der Waals surface area contributed by atoms with Gasteiger partial charge in [0.2, 0.25) is 0 Å². The largest absolute Gasteiger partial charge is 0.372 e. The van der Waals surface area contributed by atoms with Crippen molar-refractivity contribution in [3.05, 3.63) is 21.4 Å². The Balaban J connectivity index is 1.75. The van der Waals surface area contributed by atoms with E-state index in [4.69, 9.17) is 4.74 Å². The summed E-state index contributed by atoms with van der Waals surface area (Å²) in [4.78, 5) is 5.54. The molecule has 0 amide bonds. The monoisotopic (exact) mass is 237 g/mol. The third-order valence-corrected chi connectivity index (χ3v) is 4.71. The molecule has 0 spiro atoms. The number of thiophene rings is 1. The van der Waals surface area contributed by atoms with E-state index in [2.05, 4.69) is 17.9 Å². The lowest BCUT2D eigenvalue weighted by molar-refractivity contribution is 0.0217. The molecule has 2 aliphatic heterocycles. The molecule has 1 aromatic rings. The zero-order valence-electron chi connectivity index (χ0n) is 9.87. The maximum atomic E-state index is 5.94. The van der Waals surface area contributed by atoms with Crippen molar-refractivity contribution in [1.29, 1.82) is 0 Å². The molecule has 0 bridgehead atoms. The van der Waals surface area contributed by atoms with Crippen LogP contribution in [0.15, 0.2) is 6.07 Å². The quantitative estimate of drug-likeness (QED) is 0.784. The molecule has 0 radical (unpaired) electrons. The van der Waals surface area contributed by atoms with Gasteiger partial charge in [-0.05, 0) is 44.5 Å². The Kier molecular flexibility index (Phi) is 3.01. The molecular weight excluding hydrogens is 218 g/mol. The highest BCUT2D eigenvalue weighted by atomic mass is 32.1. The lowest BCUT2D eigenvalue weighted by Crippen LogP contribution is -2.29. The third kappa shape index (κ3) is 2.04. The van der Waals surface area contributed by atoms with Gasteiger partial charge in [-0.2, -0.15) is 0 Å². The summed E-state index contributed by atoms with van der Waals surface area (Å²) in [7, 11) is 0. The second-order valence-corrected chi connectivity index (χ2v) is 6.19. The molecule has 0 saturated carbocycles. The summed E-state index contributed by atoms with van der Waals surface area (Å²) in [5.41, 5.74) is 1.47. The van der Waals surface area contributed by atoms with Gasteiger partial charge in [0.15, 0.2) is 0 Å². The Morgan fingerprint density at radius 2 is 2.25 bits per heavy atom. The molecule has 3 heterocycles. The van der Waals surface area contributed by atoms with Crippen LogP contribution in [-0.4, -0.2) is 31.1 Å². The molecule has 3 rings (SSSR count). The lowest BCUT2D eigenvalue weighted by atomic mass is 10.1. The van der Waals surface area contributed by atoms with Gasteiger partial charge < -0.3 is 9.64 Å². The van der Waals surface area contributed by atoms with Crippen LogP contribution in [0.2, 0.25) is 0 Å². The molecule has 16 heavy (non-hydrogen) atoms. The number of hydrogen-bond acceptors (Lipinski definition) is 3. The topological polar surface area (TPSA) is 12.5 Å². The number of nitrogens with zero attached hydrogens (tertiary/aromatic N) is 1. The van der Waals surface area contributed by atoms with E-state index in [0.29, 0.717) is 6.10 Å². The fourth-order valence-electron chi connectivity index (χ4n) is 2.78. The van der Waals surface area contributed by atoms with Crippen molar-refractivity contribution in [2.75, 3.05) is 26.2 Å². The van der Waals surface area contributed by atoms with E-state index in [0.717, 1.165) is 19.6 Å². The lowest BCUT2D eigenvalue weighted by Gasteiger charge is -2.27. The average molecular weight is 237 g/mol.